The molecular weight excluding hydrogens is 568 g/mol. The molecule has 0 aliphatic heterocycles. The predicted molar refractivity (Wildman–Crippen MR) is 199 cm³/mol. The van der Waals surface area contributed by atoms with Gasteiger partial charge in [-0.3, -0.25) is 14.4 Å². The Kier molecular flexibility index (Phi) is 34.8. The lowest BCUT2D eigenvalue weighted by Crippen LogP contribution is -2.19. The molecule has 0 aromatic heterocycles. The summed E-state index contributed by atoms with van der Waals surface area (Å²) in [6.45, 7) is 4.52. The lowest BCUT2D eigenvalue weighted by Gasteiger charge is -2.15. The molecule has 0 radical (unpaired) electrons. The molecule has 0 aromatic rings. The summed E-state index contributed by atoms with van der Waals surface area (Å²) in [6.07, 6.45) is 43.8. The van der Waals surface area contributed by atoms with E-state index in [1.165, 1.54) is 116 Å². The molecule has 0 amide bonds. The predicted octanol–water partition coefficient (Wildman–Crippen LogP) is 13.5. The van der Waals surface area contributed by atoms with Gasteiger partial charge in [0.2, 0.25) is 0 Å². The minimum atomic E-state index is -0.830. The number of carboxylic acids is 1. The van der Waals surface area contributed by atoms with Crippen LogP contribution in [0.1, 0.15) is 219 Å². The first kappa shape index (κ1) is 44.3. The van der Waals surface area contributed by atoms with Crippen LogP contribution in [-0.2, 0) is 14.4 Å². The van der Waals surface area contributed by atoms with Crippen LogP contribution in [0, 0.1) is 5.92 Å². The van der Waals surface area contributed by atoms with Gasteiger partial charge < -0.3 is 5.11 Å². The number of unbranched alkanes of at least 4 members (excludes halogenated alkanes) is 22. The molecule has 4 nitrogen and oxygen atoms in total. The largest absolute Gasteiger partial charge is 0.481 e. The van der Waals surface area contributed by atoms with Crippen molar-refractivity contribution < 1.29 is 19.5 Å². The van der Waals surface area contributed by atoms with Crippen molar-refractivity contribution in [3.63, 3.8) is 0 Å². The maximum absolute atomic E-state index is 13.0. The van der Waals surface area contributed by atoms with E-state index < -0.39 is 5.97 Å². The Labute approximate surface area is 286 Å². The van der Waals surface area contributed by atoms with Gasteiger partial charge in [-0.2, -0.15) is 0 Å². The maximum atomic E-state index is 13.0. The number of aliphatic carboxylic acids is 1. The van der Waals surface area contributed by atoms with E-state index in [-0.39, 0.29) is 23.9 Å². The normalized spacial score (nSPS) is 12.4. The first-order valence-corrected chi connectivity index (χ1v) is 20.1. The van der Waals surface area contributed by atoms with Gasteiger partial charge in [0.15, 0.2) is 0 Å². The van der Waals surface area contributed by atoms with E-state index in [1.807, 2.05) is 0 Å². The molecule has 0 aliphatic carbocycles. The van der Waals surface area contributed by atoms with Crippen LogP contribution in [0.2, 0.25) is 0 Å². The van der Waals surface area contributed by atoms with Gasteiger partial charge in [-0.25, -0.2) is 0 Å². The maximum Gasteiger partial charge on any atom is 0.303 e. The molecular formula is C42H76O4. The molecule has 1 N–H and O–H groups in total. The lowest BCUT2D eigenvalue weighted by molar-refractivity contribution is -0.137. The standard InChI is InChI=1S/C42H76O4/c1-3-5-7-9-11-13-15-17-19-21-23-25-27-29-31-35-40(43)38-39(34-33-37-42(45)46)41(44)36-32-30-28-26-24-22-20-18-16-14-12-10-8-6-4-2/h17-20,39H,3-16,21-38H2,1-2H3,(H,45,46)/b19-17-,20-18-. The molecule has 1 atom stereocenters. The van der Waals surface area contributed by atoms with Gasteiger partial charge in [0.05, 0.1) is 0 Å². The Morgan fingerprint density at radius 2 is 0.826 bits per heavy atom. The van der Waals surface area contributed by atoms with Crippen LogP contribution >= 0.6 is 0 Å². The molecule has 0 bridgehead atoms. The molecule has 4 heteroatoms. The fourth-order valence-corrected chi connectivity index (χ4v) is 6.22. The zero-order valence-corrected chi connectivity index (χ0v) is 30.7. The smallest absolute Gasteiger partial charge is 0.303 e. The number of hydrogen-bond acceptors (Lipinski definition) is 3. The Morgan fingerprint density at radius 3 is 1.24 bits per heavy atom. The summed E-state index contributed by atoms with van der Waals surface area (Å²) in [5, 5.41) is 9.04. The first-order valence-electron chi connectivity index (χ1n) is 20.1. The second-order valence-corrected chi connectivity index (χ2v) is 13.9. The average molecular weight is 645 g/mol. The SMILES string of the molecule is CCCCCCCC/C=C\CCCCCCCC(=O)CC(CCCC(=O)O)C(=O)CCCCCCC/C=C\CCCCCCCC. The van der Waals surface area contributed by atoms with Crippen LogP contribution in [0.15, 0.2) is 24.3 Å². The van der Waals surface area contributed by atoms with Gasteiger partial charge >= 0.3 is 5.97 Å². The molecule has 0 heterocycles. The third kappa shape index (κ3) is 33.6. The summed E-state index contributed by atoms with van der Waals surface area (Å²) < 4.78 is 0. The zero-order valence-electron chi connectivity index (χ0n) is 30.7. The summed E-state index contributed by atoms with van der Waals surface area (Å²) >= 11 is 0. The molecule has 1 unspecified atom stereocenters. The quantitative estimate of drug-likeness (QED) is 0.0539. The number of carbonyl (C=O) groups is 3. The Morgan fingerprint density at radius 1 is 0.457 bits per heavy atom. The number of carboxylic acid groups (broad SMARTS) is 1. The van der Waals surface area contributed by atoms with E-state index in [0.29, 0.717) is 32.1 Å². The molecule has 0 spiro atoms. The van der Waals surface area contributed by atoms with Crippen molar-refractivity contribution in [3.8, 4) is 0 Å². The topological polar surface area (TPSA) is 71.4 Å². The second-order valence-electron chi connectivity index (χ2n) is 13.9. The van der Waals surface area contributed by atoms with E-state index in [9.17, 15) is 14.4 Å². The van der Waals surface area contributed by atoms with E-state index in [4.69, 9.17) is 5.11 Å². The summed E-state index contributed by atoms with van der Waals surface area (Å²) in [5.41, 5.74) is 0. The van der Waals surface area contributed by atoms with Crippen LogP contribution < -0.4 is 0 Å². The molecule has 268 valence electrons. The van der Waals surface area contributed by atoms with Gasteiger partial charge in [-0.1, -0.05) is 141 Å². The second kappa shape index (κ2) is 36.1. The number of carbonyl (C=O) groups excluding carboxylic acids is 2. The molecule has 0 rings (SSSR count). The van der Waals surface area contributed by atoms with Crippen molar-refractivity contribution in [2.75, 3.05) is 0 Å². The van der Waals surface area contributed by atoms with Crippen LogP contribution in [-0.4, -0.2) is 22.6 Å². The number of Topliss-reactive ketones (excluding diaryl/α,β-unsaturated/α-hetero) is 2. The molecule has 0 aliphatic rings. The summed E-state index contributed by atoms with van der Waals surface area (Å²) in [4.78, 5) is 36.7. The van der Waals surface area contributed by atoms with Crippen molar-refractivity contribution in [2.45, 2.75) is 219 Å². The molecule has 46 heavy (non-hydrogen) atoms. The van der Waals surface area contributed by atoms with Crippen molar-refractivity contribution in [3.05, 3.63) is 24.3 Å². The highest BCUT2D eigenvalue weighted by Crippen LogP contribution is 2.21. The highest BCUT2D eigenvalue weighted by molar-refractivity contribution is 5.88. The summed E-state index contributed by atoms with van der Waals surface area (Å²) in [5.74, 6) is -0.786. The Hall–Kier alpha value is -1.71. The van der Waals surface area contributed by atoms with Crippen LogP contribution in [0.3, 0.4) is 0 Å². The third-order valence-electron chi connectivity index (χ3n) is 9.28. The number of ketones is 2. The van der Waals surface area contributed by atoms with Crippen LogP contribution in [0.4, 0.5) is 0 Å². The number of rotatable bonds is 37. The van der Waals surface area contributed by atoms with Crippen molar-refractivity contribution in [1.29, 1.82) is 0 Å². The molecule has 0 aromatic carbocycles. The minimum Gasteiger partial charge on any atom is -0.481 e. The fourth-order valence-electron chi connectivity index (χ4n) is 6.22. The van der Waals surface area contributed by atoms with E-state index in [1.54, 1.807) is 0 Å². The summed E-state index contributed by atoms with van der Waals surface area (Å²) in [6, 6.07) is 0. The summed E-state index contributed by atoms with van der Waals surface area (Å²) in [7, 11) is 0. The van der Waals surface area contributed by atoms with Crippen molar-refractivity contribution in [1.82, 2.24) is 0 Å². The van der Waals surface area contributed by atoms with E-state index in [0.717, 1.165) is 51.4 Å². The Bertz CT molecular complexity index is 753. The third-order valence-corrected chi connectivity index (χ3v) is 9.28. The van der Waals surface area contributed by atoms with Crippen molar-refractivity contribution >= 4 is 17.5 Å². The van der Waals surface area contributed by atoms with Gasteiger partial charge in [0.1, 0.15) is 11.6 Å². The number of hydrogen-bond donors (Lipinski definition) is 1. The lowest BCUT2D eigenvalue weighted by atomic mass is 9.88. The van der Waals surface area contributed by atoms with Gasteiger partial charge in [-0.05, 0) is 77.0 Å². The van der Waals surface area contributed by atoms with Crippen LogP contribution in [0.25, 0.3) is 0 Å². The van der Waals surface area contributed by atoms with Crippen LogP contribution in [0.5, 0.6) is 0 Å². The van der Waals surface area contributed by atoms with Crippen molar-refractivity contribution in [2.24, 2.45) is 5.92 Å². The highest BCUT2D eigenvalue weighted by Gasteiger charge is 2.21. The molecule has 0 saturated carbocycles. The minimum absolute atomic E-state index is 0.0691. The van der Waals surface area contributed by atoms with E-state index in [2.05, 4.69) is 38.2 Å². The molecule has 0 fully saturated rings. The van der Waals surface area contributed by atoms with Gasteiger partial charge in [-0.15, -0.1) is 0 Å². The Balaban J connectivity index is 3.99. The highest BCUT2D eigenvalue weighted by atomic mass is 16.4. The van der Waals surface area contributed by atoms with E-state index >= 15 is 0 Å². The average Bonchev–Trinajstić information content (AvgIpc) is 3.04. The van der Waals surface area contributed by atoms with Gasteiger partial charge in [0.25, 0.3) is 0 Å². The first-order chi connectivity index (χ1) is 22.5. The molecule has 0 saturated heterocycles. The number of allylic oxidation sites excluding steroid dienone is 4. The fraction of sp³-hybridized carbons (Fsp3) is 0.833. The zero-order chi connectivity index (χ0) is 33.8. The van der Waals surface area contributed by atoms with Gasteiger partial charge in [0, 0.05) is 31.6 Å². The monoisotopic (exact) mass is 645 g/mol.